The molecular weight excluding hydrogens is 435 g/mol. The molecule has 0 aromatic heterocycles. The fraction of sp³-hybridized carbons (Fsp3) is 0.929. The minimum atomic E-state index is -4.93. The summed E-state index contributed by atoms with van der Waals surface area (Å²) in [7, 11) is -4.93. The van der Waals surface area contributed by atoms with Crippen LogP contribution in [0, 0.1) is 0 Å². The highest BCUT2D eigenvalue weighted by Crippen LogP contribution is 2.37. The highest BCUT2D eigenvalue weighted by molar-refractivity contribution is 7.46. The molecule has 0 spiro atoms. The van der Waals surface area contributed by atoms with Gasteiger partial charge in [-0.3, -0.25) is 9.32 Å². The summed E-state index contributed by atoms with van der Waals surface area (Å²) in [6.45, 7) is -0.444. The molecule has 10 N–H and O–H groups in total. The summed E-state index contributed by atoms with van der Waals surface area (Å²) >= 11 is 0. The van der Waals surface area contributed by atoms with Crippen molar-refractivity contribution >= 4 is 13.7 Å². The van der Waals surface area contributed by atoms with Gasteiger partial charge in [0.2, 0.25) is 5.91 Å². The number of nitrogens with one attached hydrogen (secondary N) is 1. The number of amides is 1. The van der Waals surface area contributed by atoms with E-state index in [1.54, 1.807) is 0 Å². The van der Waals surface area contributed by atoms with E-state index in [0.29, 0.717) is 0 Å². The Morgan fingerprint density at radius 3 is 2.27 bits per heavy atom. The number of phosphoric ester groups is 1. The lowest BCUT2D eigenvalue weighted by Gasteiger charge is -2.47. The zero-order chi connectivity index (χ0) is 22.8. The second kappa shape index (κ2) is 10.2. The van der Waals surface area contributed by atoms with Gasteiger partial charge in [-0.05, 0) is 0 Å². The molecule has 2 fully saturated rings. The van der Waals surface area contributed by atoms with E-state index < -0.39 is 88.2 Å². The summed E-state index contributed by atoms with van der Waals surface area (Å²) in [5, 5.41) is 52.3. The maximum absolute atomic E-state index is 11.5. The fourth-order valence-corrected chi connectivity index (χ4v) is 3.51. The molecule has 0 bridgehead atoms. The average molecular weight is 462 g/mol. The Kier molecular flexibility index (Phi) is 8.68. The van der Waals surface area contributed by atoms with Crippen molar-refractivity contribution in [1.29, 1.82) is 0 Å². The van der Waals surface area contributed by atoms with E-state index in [1.165, 1.54) is 0 Å². The van der Waals surface area contributed by atoms with Gasteiger partial charge in [0, 0.05) is 6.92 Å². The summed E-state index contributed by atoms with van der Waals surface area (Å²) in [6, 6.07) is -2.72. The number of hydrogen-bond acceptors (Lipinski definition) is 12. The number of nitrogens with two attached hydrogens (primary N) is 1. The average Bonchev–Trinajstić information content (AvgIpc) is 2.65. The topological polar surface area (TPSA) is 251 Å². The van der Waals surface area contributed by atoms with E-state index in [4.69, 9.17) is 29.7 Å². The number of rotatable bonds is 7. The van der Waals surface area contributed by atoms with Gasteiger partial charge in [-0.25, -0.2) is 4.57 Å². The van der Waals surface area contributed by atoms with E-state index in [0.717, 1.165) is 6.92 Å². The Bertz CT molecular complexity index is 633. The zero-order valence-corrected chi connectivity index (χ0v) is 16.7. The van der Waals surface area contributed by atoms with Gasteiger partial charge in [0.25, 0.3) is 0 Å². The van der Waals surface area contributed by atoms with Crippen LogP contribution in [0.1, 0.15) is 6.92 Å². The van der Waals surface area contributed by atoms with Crippen LogP contribution in [-0.2, 0) is 28.1 Å². The summed E-state index contributed by atoms with van der Waals surface area (Å²) in [6.07, 6.45) is -12.4. The second-order valence-electron chi connectivity index (χ2n) is 6.95. The van der Waals surface area contributed by atoms with Crippen molar-refractivity contribution in [2.45, 2.75) is 68.2 Å². The van der Waals surface area contributed by atoms with Gasteiger partial charge in [0.1, 0.15) is 42.7 Å². The molecule has 0 saturated carbocycles. The molecular formula is C14H27N2O13P. The Morgan fingerprint density at radius 1 is 1.10 bits per heavy atom. The largest absolute Gasteiger partial charge is 0.469 e. The summed E-state index contributed by atoms with van der Waals surface area (Å²) in [5.41, 5.74) is 5.63. The molecule has 2 saturated heterocycles. The third kappa shape index (κ3) is 6.14. The third-order valence-corrected chi connectivity index (χ3v) is 5.18. The van der Waals surface area contributed by atoms with Crippen LogP contribution in [0.5, 0.6) is 0 Å². The van der Waals surface area contributed by atoms with Crippen LogP contribution >= 0.6 is 7.82 Å². The van der Waals surface area contributed by atoms with Gasteiger partial charge >= 0.3 is 7.82 Å². The molecule has 0 aliphatic carbocycles. The molecule has 10 atom stereocenters. The maximum atomic E-state index is 11.5. The SMILES string of the molecule is CC(=O)NC1C(OC2C(CO)OC(O)C(N)C2O)OC(COP(=O)(O)O)C(O)C1O. The van der Waals surface area contributed by atoms with Gasteiger partial charge < -0.3 is 60.6 Å². The van der Waals surface area contributed by atoms with Crippen LogP contribution in [0.25, 0.3) is 0 Å². The van der Waals surface area contributed by atoms with Crippen molar-refractivity contribution in [2.24, 2.45) is 5.73 Å². The monoisotopic (exact) mass is 462 g/mol. The molecule has 30 heavy (non-hydrogen) atoms. The van der Waals surface area contributed by atoms with E-state index in [1.807, 2.05) is 0 Å². The first-order valence-corrected chi connectivity index (χ1v) is 10.4. The third-order valence-electron chi connectivity index (χ3n) is 4.69. The summed E-state index contributed by atoms with van der Waals surface area (Å²) in [5.74, 6) is -0.639. The lowest BCUT2D eigenvalue weighted by Crippen LogP contribution is -2.68. The van der Waals surface area contributed by atoms with Gasteiger partial charge in [0.15, 0.2) is 12.6 Å². The maximum Gasteiger partial charge on any atom is 0.469 e. The van der Waals surface area contributed by atoms with Crippen molar-refractivity contribution in [3.63, 3.8) is 0 Å². The smallest absolute Gasteiger partial charge is 0.394 e. The first-order valence-electron chi connectivity index (χ1n) is 8.88. The Labute approximate surface area is 170 Å². The Morgan fingerprint density at radius 2 is 1.73 bits per heavy atom. The predicted octanol–water partition coefficient (Wildman–Crippen LogP) is -5.17. The minimum absolute atomic E-state index is 0.639. The standard InChI is InChI=1S/C14H27N2O13P/c1-4(18)16-8-11(21)9(19)6(3-26-30(23,24)25)28-14(8)29-12-5(2-17)27-13(22)7(15)10(12)20/h5-14,17,19-22H,2-3,15H2,1H3,(H,16,18)(H2,23,24,25). The Balaban J connectivity index is 2.24. The first-order chi connectivity index (χ1) is 13.9. The number of carbonyl (C=O) groups is 1. The highest BCUT2D eigenvalue weighted by Gasteiger charge is 2.50. The van der Waals surface area contributed by atoms with Crippen molar-refractivity contribution < 1.29 is 63.4 Å². The van der Waals surface area contributed by atoms with Gasteiger partial charge in [-0.15, -0.1) is 0 Å². The van der Waals surface area contributed by atoms with E-state index in [9.17, 15) is 34.9 Å². The van der Waals surface area contributed by atoms with Crippen LogP contribution in [-0.4, -0.2) is 116 Å². The van der Waals surface area contributed by atoms with Crippen molar-refractivity contribution in [1.82, 2.24) is 5.32 Å². The zero-order valence-electron chi connectivity index (χ0n) is 15.8. The number of aliphatic hydroxyl groups is 5. The van der Waals surface area contributed by atoms with Crippen molar-refractivity contribution in [2.75, 3.05) is 13.2 Å². The molecule has 2 rings (SSSR count). The number of phosphoric acid groups is 1. The molecule has 2 aliphatic rings. The minimum Gasteiger partial charge on any atom is -0.394 e. The molecule has 0 aromatic carbocycles. The molecule has 16 heteroatoms. The molecule has 0 aromatic rings. The molecule has 0 radical (unpaired) electrons. The van der Waals surface area contributed by atoms with Crippen LogP contribution in [0.2, 0.25) is 0 Å². The van der Waals surface area contributed by atoms with Crippen molar-refractivity contribution in [3.05, 3.63) is 0 Å². The van der Waals surface area contributed by atoms with Crippen LogP contribution in [0.3, 0.4) is 0 Å². The second-order valence-corrected chi connectivity index (χ2v) is 8.19. The van der Waals surface area contributed by atoms with Crippen LogP contribution in [0.15, 0.2) is 0 Å². The van der Waals surface area contributed by atoms with Gasteiger partial charge in [-0.1, -0.05) is 0 Å². The van der Waals surface area contributed by atoms with E-state index in [-0.39, 0.29) is 0 Å². The Hall–Kier alpha value is -0.780. The molecule has 1 amide bonds. The number of aliphatic hydroxyl groups excluding tert-OH is 5. The lowest BCUT2D eigenvalue weighted by atomic mass is 9.95. The fourth-order valence-electron chi connectivity index (χ4n) is 3.17. The van der Waals surface area contributed by atoms with Gasteiger partial charge in [0.05, 0.1) is 19.3 Å². The summed E-state index contributed by atoms with van der Waals surface area (Å²) in [4.78, 5) is 29.2. The first kappa shape index (κ1) is 25.5. The number of carbonyl (C=O) groups excluding carboxylic acids is 1. The van der Waals surface area contributed by atoms with Crippen molar-refractivity contribution in [3.8, 4) is 0 Å². The molecule has 2 heterocycles. The van der Waals surface area contributed by atoms with E-state index in [2.05, 4.69) is 9.84 Å². The van der Waals surface area contributed by atoms with Crippen LogP contribution in [0.4, 0.5) is 0 Å². The summed E-state index contributed by atoms with van der Waals surface area (Å²) < 4.78 is 31.3. The van der Waals surface area contributed by atoms with E-state index >= 15 is 0 Å². The molecule has 15 nitrogen and oxygen atoms in total. The predicted molar refractivity (Wildman–Crippen MR) is 93.1 cm³/mol. The lowest BCUT2D eigenvalue weighted by molar-refractivity contribution is -0.325. The van der Waals surface area contributed by atoms with Gasteiger partial charge in [-0.2, -0.15) is 0 Å². The van der Waals surface area contributed by atoms with Crippen LogP contribution < -0.4 is 11.1 Å². The number of ether oxygens (including phenoxy) is 3. The normalized spacial score (nSPS) is 42.7. The quantitative estimate of drug-likeness (QED) is 0.160. The molecule has 2 aliphatic heterocycles. The number of hydrogen-bond donors (Lipinski definition) is 9. The molecule has 10 unspecified atom stereocenters. The molecule has 176 valence electrons. The highest BCUT2D eigenvalue weighted by atomic mass is 31.2.